The van der Waals surface area contributed by atoms with Gasteiger partial charge in [0, 0.05) is 29.2 Å². The standard InChI is InChI=1S/C20H25NOS/c1-3-14-21(15-4-2)18-12-10-17(11-13-18)20(22)16-23-19-8-6-5-7-9-19/h5-13H,3-4,14-16H2,1-2H3. The van der Waals surface area contributed by atoms with Crippen molar-refractivity contribution in [2.75, 3.05) is 23.7 Å². The van der Waals surface area contributed by atoms with Crippen LogP contribution >= 0.6 is 11.8 Å². The summed E-state index contributed by atoms with van der Waals surface area (Å²) in [6, 6.07) is 18.1. The summed E-state index contributed by atoms with van der Waals surface area (Å²) in [5, 5.41) is 0. The van der Waals surface area contributed by atoms with Crippen molar-refractivity contribution in [2.45, 2.75) is 31.6 Å². The average Bonchev–Trinajstić information content (AvgIpc) is 2.60. The molecule has 2 nitrogen and oxygen atoms in total. The normalized spacial score (nSPS) is 10.5. The molecule has 2 aromatic carbocycles. The third kappa shape index (κ3) is 5.43. The largest absolute Gasteiger partial charge is 0.372 e. The van der Waals surface area contributed by atoms with Gasteiger partial charge in [-0.05, 0) is 49.2 Å². The fourth-order valence-corrected chi connectivity index (χ4v) is 3.33. The quantitative estimate of drug-likeness (QED) is 0.461. The highest BCUT2D eigenvalue weighted by atomic mass is 32.2. The number of nitrogens with zero attached hydrogens (tertiary/aromatic N) is 1. The van der Waals surface area contributed by atoms with E-state index in [9.17, 15) is 4.79 Å². The molecule has 3 heteroatoms. The minimum atomic E-state index is 0.183. The monoisotopic (exact) mass is 327 g/mol. The van der Waals surface area contributed by atoms with Crippen LogP contribution < -0.4 is 4.90 Å². The number of hydrogen-bond acceptors (Lipinski definition) is 3. The van der Waals surface area contributed by atoms with E-state index in [0.29, 0.717) is 5.75 Å². The number of hydrogen-bond donors (Lipinski definition) is 0. The molecular weight excluding hydrogens is 302 g/mol. The average molecular weight is 327 g/mol. The first-order valence-corrected chi connectivity index (χ1v) is 9.29. The number of rotatable bonds is 9. The van der Waals surface area contributed by atoms with Gasteiger partial charge in [-0.3, -0.25) is 4.79 Å². The van der Waals surface area contributed by atoms with E-state index in [2.05, 4.69) is 30.9 Å². The summed E-state index contributed by atoms with van der Waals surface area (Å²) < 4.78 is 0. The van der Waals surface area contributed by atoms with Crippen molar-refractivity contribution in [2.24, 2.45) is 0 Å². The Hall–Kier alpha value is -1.74. The fraction of sp³-hybridized carbons (Fsp3) is 0.350. The van der Waals surface area contributed by atoms with Crippen molar-refractivity contribution in [3.05, 3.63) is 60.2 Å². The lowest BCUT2D eigenvalue weighted by molar-refractivity contribution is 0.102. The molecule has 0 N–H and O–H groups in total. The molecule has 2 rings (SSSR count). The molecule has 0 atom stereocenters. The van der Waals surface area contributed by atoms with Crippen molar-refractivity contribution in [3.8, 4) is 0 Å². The van der Waals surface area contributed by atoms with Crippen LogP contribution in [0.5, 0.6) is 0 Å². The minimum Gasteiger partial charge on any atom is -0.372 e. The first kappa shape index (κ1) is 17.6. The molecule has 0 saturated heterocycles. The Morgan fingerprint density at radius 2 is 1.52 bits per heavy atom. The van der Waals surface area contributed by atoms with Crippen molar-refractivity contribution in [1.29, 1.82) is 0 Å². The zero-order valence-corrected chi connectivity index (χ0v) is 14.8. The zero-order valence-electron chi connectivity index (χ0n) is 14.0. The summed E-state index contributed by atoms with van der Waals surface area (Å²) in [5.74, 6) is 0.666. The van der Waals surface area contributed by atoms with E-state index in [1.165, 1.54) is 5.69 Å². The van der Waals surface area contributed by atoms with Gasteiger partial charge in [-0.15, -0.1) is 11.8 Å². The number of benzene rings is 2. The summed E-state index contributed by atoms with van der Waals surface area (Å²) in [5.41, 5.74) is 2.01. The van der Waals surface area contributed by atoms with Gasteiger partial charge in [-0.1, -0.05) is 32.0 Å². The SMILES string of the molecule is CCCN(CCC)c1ccc(C(=O)CSc2ccccc2)cc1. The van der Waals surface area contributed by atoms with Crippen molar-refractivity contribution in [1.82, 2.24) is 0 Å². The lowest BCUT2D eigenvalue weighted by Crippen LogP contribution is -2.24. The molecule has 0 aliphatic rings. The highest BCUT2D eigenvalue weighted by Crippen LogP contribution is 2.20. The summed E-state index contributed by atoms with van der Waals surface area (Å²) in [4.78, 5) is 15.8. The zero-order chi connectivity index (χ0) is 16.5. The molecular formula is C20H25NOS. The number of carbonyl (C=O) groups excluding carboxylic acids is 1. The second-order valence-electron chi connectivity index (χ2n) is 5.56. The molecule has 23 heavy (non-hydrogen) atoms. The number of Topliss-reactive ketones (excluding diaryl/α,β-unsaturated/α-hetero) is 1. The first-order valence-electron chi connectivity index (χ1n) is 8.30. The van der Waals surface area contributed by atoms with Gasteiger partial charge in [0.1, 0.15) is 0 Å². The predicted molar refractivity (Wildman–Crippen MR) is 101 cm³/mol. The van der Waals surface area contributed by atoms with Crippen LogP contribution in [0.3, 0.4) is 0 Å². The Balaban J connectivity index is 1.96. The number of ketones is 1. The maximum absolute atomic E-state index is 12.3. The van der Waals surface area contributed by atoms with Crippen LogP contribution in [0.4, 0.5) is 5.69 Å². The molecule has 0 spiro atoms. The summed E-state index contributed by atoms with van der Waals surface area (Å²) >= 11 is 1.59. The third-order valence-corrected chi connectivity index (χ3v) is 4.67. The first-order chi connectivity index (χ1) is 11.2. The predicted octanol–water partition coefficient (Wildman–Crippen LogP) is 5.29. The van der Waals surface area contributed by atoms with Gasteiger partial charge in [-0.25, -0.2) is 0 Å². The molecule has 0 amide bonds. The highest BCUT2D eigenvalue weighted by molar-refractivity contribution is 8.00. The van der Waals surface area contributed by atoms with E-state index >= 15 is 0 Å². The number of carbonyl (C=O) groups is 1. The van der Waals surface area contributed by atoms with Gasteiger partial charge >= 0.3 is 0 Å². The smallest absolute Gasteiger partial charge is 0.173 e. The van der Waals surface area contributed by atoms with Crippen LogP contribution in [0.25, 0.3) is 0 Å². The van der Waals surface area contributed by atoms with Gasteiger partial charge in [0.25, 0.3) is 0 Å². The maximum Gasteiger partial charge on any atom is 0.173 e. The van der Waals surface area contributed by atoms with Crippen LogP contribution in [-0.2, 0) is 0 Å². The van der Waals surface area contributed by atoms with E-state index in [-0.39, 0.29) is 5.78 Å². The molecule has 0 radical (unpaired) electrons. The molecule has 0 bridgehead atoms. The molecule has 0 aliphatic carbocycles. The molecule has 2 aromatic rings. The fourth-order valence-electron chi connectivity index (χ4n) is 2.52. The van der Waals surface area contributed by atoms with E-state index in [0.717, 1.165) is 36.4 Å². The molecule has 0 heterocycles. The molecule has 122 valence electrons. The van der Waals surface area contributed by atoms with Crippen molar-refractivity contribution < 1.29 is 4.79 Å². The lowest BCUT2D eigenvalue weighted by atomic mass is 10.1. The Bertz CT molecular complexity index is 589. The van der Waals surface area contributed by atoms with Crippen LogP contribution in [0.15, 0.2) is 59.5 Å². The molecule has 0 fully saturated rings. The van der Waals surface area contributed by atoms with Crippen LogP contribution in [0.2, 0.25) is 0 Å². The van der Waals surface area contributed by atoms with Crippen LogP contribution in [-0.4, -0.2) is 24.6 Å². The van der Waals surface area contributed by atoms with Gasteiger partial charge in [-0.2, -0.15) is 0 Å². The molecule has 0 aromatic heterocycles. The third-order valence-electron chi connectivity index (χ3n) is 3.65. The minimum absolute atomic E-state index is 0.183. The summed E-state index contributed by atoms with van der Waals surface area (Å²) in [6.45, 7) is 6.51. The summed E-state index contributed by atoms with van der Waals surface area (Å²) in [7, 11) is 0. The lowest BCUT2D eigenvalue weighted by Gasteiger charge is -2.23. The van der Waals surface area contributed by atoms with Crippen LogP contribution in [0, 0.1) is 0 Å². The topological polar surface area (TPSA) is 20.3 Å². The second kappa shape index (κ2) is 9.41. The van der Waals surface area contributed by atoms with E-state index in [1.54, 1.807) is 11.8 Å². The van der Waals surface area contributed by atoms with Crippen LogP contribution in [0.1, 0.15) is 37.0 Å². The number of anilines is 1. The Morgan fingerprint density at radius 3 is 2.09 bits per heavy atom. The molecule has 0 saturated carbocycles. The summed E-state index contributed by atoms with van der Waals surface area (Å²) in [6.07, 6.45) is 2.27. The molecule has 0 aliphatic heterocycles. The van der Waals surface area contributed by atoms with Crippen molar-refractivity contribution >= 4 is 23.2 Å². The molecule has 0 unspecified atom stereocenters. The highest BCUT2D eigenvalue weighted by Gasteiger charge is 2.09. The maximum atomic E-state index is 12.3. The van der Waals surface area contributed by atoms with Crippen molar-refractivity contribution in [3.63, 3.8) is 0 Å². The van der Waals surface area contributed by atoms with Gasteiger partial charge < -0.3 is 4.90 Å². The van der Waals surface area contributed by atoms with E-state index < -0.39 is 0 Å². The van der Waals surface area contributed by atoms with Gasteiger partial charge in [0.2, 0.25) is 0 Å². The van der Waals surface area contributed by atoms with E-state index in [1.807, 2.05) is 42.5 Å². The Labute approximate surface area is 143 Å². The van der Waals surface area contributed by atoms with E-state index in [4.69, 9.17) is 0 Å². The Morgan fingerprint density at radius 1 is 0.913 bits per heavy atom. The number of thioether (sulfide) groups is 1. The van der Waals surface area contributed by atoms with Gasteiger partial charge in [0.05, 0.1) is 5.75 Å². The second-order valence-corrected chi connectivity index (χ2v) is 6.61. The Kier molecular flexibility index (Phi) is 7.21. The van der Waals surface area contributed by atoms with Gasteiger partial charge in [0.15, 0.2) is 5.78 Å².